The van der Waals surface area contributed by atoms with E-state index in [1.807, 2.05) is 12.1 Å². The van der Waals surface area contributed by atoms with E-state index in [1.54, 1.807) is 12.1 Å². The molecular weight excluding hydrogens is 368 g/mol. The van der Waals surface area contributed by atoms with E-state index >= 15 is 0 Å². The Morgan fingerprint density at radius 2 is 1.57 bits per heavy atom. The van der Waals surface area contributed by atoms with Crippen molar-refractivity contribution in [2.24, 2.45) is 21.5 Å². The molecule has 2 aromatic carbocycles. The SMILES string of the molecule is NC(=O)c1ccc(C(=O)O)cc1C[C@H](N)C(=O)O.O=C1N=c2ccccc2=N1. The van der Waals surface area contributed by atoms with Crippen LogP contribution < -0.4 is 22.2 Å². The number of urea groups is 1. The molecule has 6 N–H and O–H groups in total. The number of carboxylic acids is 2. The zero-order chi connectivity index (χ0) is 20.8. The van der Waals surface area contributed by atoms with Gasteiger partial charge in [0, 0.05) is 5.56 Å². The quantitative estimate of drug-likeness (QED) is 0.535. The molecule has 144 valence electrons. The maximum absolute atomic E-state index is 11.1. The topological polar surface area (TPSA) is 186 Å². The van der Waals surface area contributed by atoms with Crippen LogP contribution in [0.3, 0.4) is 0 Å². The lowest BCUT2D eigenvalue weighted by Crippen LogP contribution is -2.33. The van der Waals surface area contributed by atoms with E-state index in [9.17, 15) is 19.2 Å². The highest BCUT2D eigenvalue weighted by Gasteiger charge is 2.18. The number of hydrogen-bond donors (Lipinski definition) is 4. The molecule has 1 aliphatic rings. The van der Waals surface area contributed by atoms with Gasteiger partial charge in [-0.3, -0.25) is 9.59 Å². The predicted octanol–water partition coefficient (Wildman–Crippen LogP) is -0.502. The van der Waals surface area contributed by atoms with Crippen LogP contribution in [0.25, 0.3) is 0 Å². The number of nitrogens with zero attached hydrogens (tertiary/aromatic N) is 2. The van der Waals surface area contributed by atoms with Crippen LogP contribution in [-0.2, 0) is 11.2 Å². The molecule has 0 spiro atoms. The monoisotopic (exact) mass is 384 g/mol. The molecule has 1 aliphatic heterocycles. The molecule has 3 rings (SSSR count). The van der Waals surface area contributed by atoms with E-state index in [0.29, 0.717) is 10.7 Å². The number of fused-ring (bicyclic) bond motifs is 1. The molecular formula is C18H16N4O6. The van der Waals surface area contributed by atoms with Gasteiger partial charge in [0.05, 0.1) is 16.3 Å². The minimum Gasteiger partial charge on any atom is -0.480 e. The normalized spacial score (nSPS) is 12.5. The molecule has 10 heteroatoms. The van der Waals surface area contributed by atoms with Crippen LogP contribution in [0.5, 0.6) is 0 Å². The standard InChI is InChI=1S/C11H12N2O5.C7H4N2O/c12-8(11(17)18)4-6-3-5(10(15)16)1-2-7(6)9(13)14;10-7-8-5-3-1-2-4-6(5)9-7/h1-3,8H,4,12H2,(H2,13,14)(H,15,16)(H,17,18);1-4H/t8-;/m0./s1. The number of primary amides is 1. The van der Waals surface area contributed by atoms with Gasteiger partial charge in [-0.15, -0.1) is 0 Å². The van der Waals surface area contributed by atoms with Gasteiger partial charge in [0.1, 0.15) is 6.04 Å². The Labute approximate surface area is 157 Å². The van der Waals surface area contributed by atoms with Crippen LogP contribution in [0.1, 0.15) is 26.3 Å². The summed E-state index contributed by atoms with van der Waals surface area (Å²) in [4.78, 5) is 50.4. The Bertz CT molecular complexity index is 1040. The number of amides is 3. The lowest BCUT2D eigenvalue weighted by molar-refractivity contribution is -0.138. The molecule has 0 unspecified atom stereocenters. The number of carbonyl (C=O) groups excluding carboxylic acids is 2. The first-order valence-corrected chi connectivity index (χ1v) is 7.90. The third kappa shape index (κ3) is 5.05. The second-order valence-corrected chi connectivity index (χ2v) is 5.69. The van der Waals surface area contributed by atoms with Crippen molar-refractivity contribution in [3.05, 3.63) is 69.9 Å². The van der Waals surface area contributed by atoms with Gasteiger partial charge in [0.2, 0.25) is 5.91 Å². The first-order chi connectivity index (χ1) is 13.2. The van der Waals surface area contributed by atoms with Gasteiger partial charge < -0.3 is 21.7 Å². The van der Waals surface area contributed by atoms with Crippen molar-refractivity contribution in [3.8, 4) is 0 Å². The van der Waals surface area contributed by atoms with E-state index in [0.717, 1.165) is 0 Å². The minimum atomic E-state index is -1.24. The van der Waals surface area contributed by atoms with Crippen molar-refractivity contribution >= 4 is 23.9 Å². The molecule has 0 saturated heterocycles. The molecule has 0 fully saturated rings. The zero-order valence-electron chi connectivity index (χ0n) is 14.4. The van der Waals surface area contributed by atoms with E-state index in [2.05, 4.69) is 9.98 Å². The van der Waals surface area contributed by atoms with Crippen molar-refractivity contribution in [1.82, 2.24) is 0 Å². The van der Waals surface area contributed by atoms with Gasteiger partial charge in [-0.05, 0) is 42.3 Å². The second kappa shape index (κ2) is 8.64. The van der Waals surface area contributed by atoms with Crippen molar-refractivity contribution < 1.29 is 29.4 Å². The Morgan fingerprint density at radius 1 is 1.00 bits per heavy atom. The summed E-state index contributed by atoms with van der Waals surface area (Å²) in [6, 6.07) is 9.23. The highest BCUT2D eigenvalue weighted by molar-refractivity contribution is 5.96. The number of benzene rings is 2. The zero-order valence-corrected chi connectivity index (χ0v) is 14.4. The smallest absolute Gasteiger partial charge is 0.368 e. The van der Waals surface area contributed by atoms with Crippen LogP contribution >= 0.6 is 0 Å². The van der Waals surface area contributed by atoms with Gasteiger partial charge in [-0.2, -0.15) is 9.98 Å². The Balaban J connectivity index is 0.000000233. The highest BCUT2D eigenvalue weighted by atomic mass is 16.4. The van der Waals surface area contributed by atoms with Crippen LogP contribution in [0.15, 0.2) is 52.4 Å². The van der Waals surface area contributed by atoms with Crippen molar-refractivity contribution in [2.75, 3.05) is 0 Å². The highest BCUT2D eigenvalue weighted by Crippen LogP contribution is 2.14. The Hall–Kier alpha value is -3.92. The summed E-state index contributed by atoms with van der Waals surface area (Å²) < 4.78 is 0. The summed E-state index contributed by atoms with van der Waals surface area (Å²) in [5, 5.41) is 18.9. The van der Waals surface area contributed by atoms with Crippen molar-refractivity contribution in [1.29, 1.82) is 0 Å². The molecule has 3 amide bonds. The van der Waals surface area contributed by atoms with Crippen LogP contribution in [-0.4, -0.2) is 40.1 Å². The molecule has 0 aromatic heterocycles. The third-order valence-corrected chi connectivity index (χ3v) is 3.69. The minimum absolute atomic E-state index is 0.0624. The number of carboxylic acid groups (broad SMARTS) is 2. The van der Waals surface area contributed by atoms with Crippen molar-refractivity contribution in [2.45, 2.75) is 12.5 Å². The van der Waals surface area contributed by atoms with Gasteiger partial charge >= 0.3 is 18.0 Å². The summed E-state index contributed by atoms with van der Waals surface area (Å²) in [6.07, 6.45) is -0.172. The lowest BCUT2D eigenvalue weighted by atomic mass is 9.97. The second-order valence-electron chi connectivity index (χ2n) is 5.69. The fraction of sp³-hybridized carbons (Fsp3) is 0.111. The molecule has 28 heavy (non-hydrogen) atoms. The predicted molar refractivity (Wildman–Crippen MR) is 95.4 cm³/mol. The fourth-order valence-corrected chi connectivity index (χ4v) is 2.34. The summed E-state index contributed by atoms with van der Waals surface area (Å²) in [5.74, 6) is -3.19. The first-order valence-electron chi connectivity index (χ1n) is 7.90. The number of aliphatic carboxylic acids is 1. The maximum atomic E-state index is 11.1. The fourth-order valence-electron chi connectivity index (χ4n) is 2.34. The number of hydrogen-bond acceptors (Lipinski definition) is 5. The number of rotatable bonds is 5. The van der Waals surface area contributed by atoms with Crippen LogP contribution in [0.4, 0.5) is 4.79 Å². The van der Waals surface area contributed by atoms with Gasteiger partial charge in [-0.25, -0.2) is 9.59 Å². The molecule has 1 atom stereocenters. The molecule has 0 bridgehead atoms. The van der Waals surface area contributed by atoms with E-state index < -0.39 is 29.9 Å². The van der Waals surface area contributed by atoms with E-state index in [4.69, 9.17) is 21.7 Å². The number of carbonyl (C=O) groups is 4. The van der Waals surface area contributed by atoms with Gasteiger partial charge in [0.25, 0.3) is 0 Å². The first kappa shape index (κ1) is 20.4. The molecule has 0 saturated carbocycles. The van der Waals surface area contributed by atoms with Crippen LogP contribution in [0, 0.1) is 0 Å². The number of nitrogens with two attached hydrogens (primary N) is 2. The number of aromatic carboxylic acids is 1. The largest absolute Gasteiger partial charge is 0.480 e. The summed E-state index contributed by atoms with van der Waals surface area (Å²) in [5.41, 5.74) is 10.7. The Morgan fingerprint density at radius 3 is 2.04 bits per heavy atom. The average molecular weight is 384 g/mol. The van der Waals surface area contributed by atoms with E-state index in [1.165, 1.54) is 18.2 Å². The Kier molecular flexibility index (Phi) is 6.30. The van der Waals surface area contributed by atoms with Crippen LogP contribution in [0.2, 0.25) is 0 Å². The molecule has 1 heterocycles. The lowest BCUT2D eigenvalue weighted by Gasteiger charge is -2.10. The van der Waals surface area contributed by atoms with Crippen molar-refractivity contribution in [3.63, 3.8) is 0 Å². The van der Waals surface area contributed by atoms with E-state index in [-0.39, 0.29) is 23.1 Å². The molecule has 0 aliphatic carbocycles. The summed E-state index contributed by atoms with van der Waals surface area (Å²) in [7, 11) is 0. The molecule has 0 radical (unpaired) electrons. The van der Waals surface area contributed by atoms with Gasteiger partial charge in [-0.1, -0.05) is 12.1 Å². The van der Waals surface area contributed by atoms with Gasteiger partial charge in [0.15, 0.2) is 0 Å². The maximum Gasteiger partial charge on any atom is 0.368 e. The third-order valence-electron chi connectivity index (χ3n) is 3.69. The average Bonchev–Trinajstić information content (AvgIpc) is 3.01. The summed E-state index contributed by atoms with van der Waals surface area (Å²) in [6.45, 7) is 0. The number of para-hydroxylation sites is 2. The molecule has 2 aromatic rings. The molecule has 10 nitrogen and oxygen atoms in total. The summed E-state index contributed by atoms with van der Waals surface area (Å²) >= 11 is 0.